The number of amides is 1. The molecular weight excluding hydrogens is 544 g/mol. The van der Waals surface area contributed by atoms with Crippen LogP contribution in [-0.4, -0.2) is 54.1 Å². The van der Waals surface area contributed by atoms with Gasteiger partial charge in [-0.05, 0) is 58.7 Å². The summed E-state index contributed by atoms with van der Waals surface area (Å²) < 4.78 is 12.0. The predicted octanol–water partition coefficient (Wildman–Crippen LogP) is 5.96. The molecule has 0 spiro atoms. The highest BCUT2D eigenvalue weighted by Gasteiger charge is 2.51. The third kappa shape index (κ3) is 8.90. The molecule has 0 aromatic heterocycles. The quantitative estimate of drug-likeness (QED) is 0.106. The Bertz CT molecular complexity index is 1140. The van der Waals surface area contributed by atoms with Crippen molar-refractivity contribution in [1.29, 1.82) is 0 Å². The standard InChI is InChI=1S/C26H41ClN4O7Si/c1-23(2,3)37-22(34)29-21(28-16-26(13-14-26)38-39(8,9)24(4,5)6)30-25(7,15-19(32)33)17-11-10-12-18(20(17)27)31(35)36/h10-12H,13-16H2,1-9H3,(H,32,33)(H2,28,29,30,34). The lowest BCUT2D eigenvalue weighted by atomic mass is 9.88. The fourth-order valence-electron chi connectivity index (χ4n) is 3.72. The molecule has 3 N–H and O–H groups in total. The average Bonchev–Trinajstić information content (AvgIpc) is 3.48. The first-order valence-corrected chi connectivity index (χ1v) is 16.1. The number of carboxylic acids is 1. The van der Waals surface area contributed by atoms with E-state index in [1.807, 2.05) is 0 Å². The minimum atomic E-state index is -2.12. The fraction of sp³-hybridized carbons (Fsp3) is 0.654. The van der Waals surface area contributed by atoms with Crippen LogP contribution >= 0.6 is 11.6 Å². The Kier molecular flexibility index (Phi) is 9.52. The lowest BCUT2D eigenvalue weighted by Crippen LogP contribution is -2.53. The van der Waals surface area contributed by atoms with E-state index in [2.05, 4.69) is 49.5 Å². The number of carbonyl (C=O) groups excluding carboxylic acids is 1. The summed E-state index contributed by atoms with van der Waals surface area (Å²) in [5.74, 6) is -1.25. The van der Waals surface area contributed by atoms with Gasteiger partial charge >= 0.3 is 12.1 Å². The maximum Gasteiger partial charge on any atom is 0.414 e. The van der Waals surface area contributed by atoms with Crippen molar-refractivity contribution in [3.63, 3.8) is 0 Å². The number of hydrogen-bond acceptors (Lipinski definition) is 7. The van der Waals surface area contributed by atoms with Gasteiger partial charge in [0.25, 0.3) is 5.69 Å². The first-order valence-electron chi connectivity index (χ1n) is 12.8. The van der Waals surface area contributed by atoms with Crippen LogP contribution in [0.4, 0.5) is 10.5 Å². The van der Waals surface area contributed by atoms with E-state index in [1.165, 1.54) is 25.1 Å². The number of benzene rings is 1. The van der Waals surface area contributed by atoms with Gasteiger partial charge in [0, 0.05) is 11.6 Å². The highest BCUT2D eigenvalue weighted by atomic mass is 35.5. The smallest absolute Gasteiger partial charge is 0.414 e. The third-order valence-corrected chi connectivity index (χ3v) is 11.9. The summed E-state index contributed by atoms with van der Waals surface area (Å²) >= 11 is 6.38. The molecule has 1 fully saturated rings. The molecule has 0 heterocycles. The van der Waals surface area contributed by atoms with Gasteiger partial charge in [-0.3, -0.25) is 20.2 Å². The number of nitro benzene ring substituents is 1. The average molecular weight is 585 g/mol. The molecule has 1 aromatic rings. The molecule has 1 atom stereocenters. The second kappa shape index (κ2) is 11.4. The first-order chi connectivity index (χ1) is 17.6. The van der Waals surface area contributed by atoms with Crippen LogP contribution in [-0.2, 0) is 19.5 Å². The van der Waals surface area contributed by atoms with Crippen LogP contribution in [0.15, 0.2) is 23.2 Å². The molecule has 2 rings (SSSR count). The van der Waals surface area contributed by atoms with Gasteiger partial charge < -0.3 is 19.6 Å². The van der Waals surface area contributed by atoms with Crippen molar-refractivity contribution in [3.8, 4) is 0 Å². The van der Waals surface area contributed by atoms with Crippen LogP contribution in [0.2, 0.25) is 23.2 Å². The second-order valence-electron chi connectivity index (χ2n) is 12.8. The van der Waals surface area contributed by atoms with Crippen LogP contribution in [0, 0.1) is 10.1 Å². The Hall–Kier alpha value is -2.70. The van der Waals surface area contributed by atoms with Crippen molar-refractivity contribution in [3.05, 3.63) is 38.9 Å². The largest absolute Gasteiger partial charge is 0.481 e. The molecule has 13 heteroatoms. The van der Waals surface area contributed by atoms with Crippen molar-refractivity contribution in [2.45, 2.75) is 103 Å². The molecular formula is C26H41ClN4O7Si. The summed E-state index contributed by atoms with van der Waals surface area (Å²) in [7, 11) is -2.12. The molecule has 1 unspecified atom stereocenters. The lowest BCUT2D eigenvalue weighted by Gasteiger charge is -2.39. The van der Waals surface area contributed by atoms with Crippen LogP contribution < -0.4 is 10.6 Å². The molecule has 0 saturated heterocycles. The monoisotopic (exact) mass is 584 g/mol. The SMILES string of the molecule is CC(C)(C)OC(=O)NC(=NCC1(O[Si](C)(C)C(C)(C)C)CC1)NC(C)(CC(=O)O)c1cccc([N+](=O)[O-])c1Cl. The lowest BCUT2D eigenvalue weighted by molar-refractivity contribution is -0.384. The van der Waals surface area contributed by atoms with Crippen LogP contribution in [0.1, 0.15) is 73.3 Å². The molecule has 11 nitrogen and oxygen atoms in total. The van der Waals surface area contributed by atoms with Gasteiger partial charge in [-0.25, -0.2) is 9.79 Å². The van der Waals surface area contributed by atoms with E-state index >= 15 is 0 Å². The minimum absolute atomic E-state index is 0.0129. The molecule has 39 heavy (non-hydrogen) atoms. The van der Waals surface area contributed by atoms with Gasteiger partial charge in [-0.15, -0.1) is 0 Å². The van der Waals surface area contributed by atoms with E-state index in [0.717, 1.165) is 12.8 Å². The van der Waals surface area contributed by atoms with Crippen molar-refractivity contribution in [1.82, 2.24) is 10.6 Å². The highest BCUT2D eigenvalue weighted by molar-refractivity contribution is 6.74. The van der Waals surface area contributed by atoms with Crippen LogP contribution in [0.25, 0.3) is 0 Å². The Morgan fingerprint density at radius 2 is 1.77 bits per heavy atom. The number of ether oxygens (including phenoxy) is 1. The zero-order chi connectivity index (χ0) is 30.0. The number of alkyl carbamates (subject to hydrolysis) is 1. The van der Waals surface area contributed by atoms with Gasteiger partial charge in [0.1, 0.15) is 10.6 Å². The van der Waals surface area contributed by atoms with E-state index in [0.29, 0.717) is 0 Å². The van der Waals surface area contributed by atoms with E-state index in [4.69, 9.17) is 20.8 Å². The molecule has 1 aliphatic rings. The summed E-state index contributed by atoms with van der Waals surface area (Å²) in [6, 6.07) is 4.15. The molecule has 218 valence electrons. The number of aliphatic carboxylic acids is 1. The van der Waals surface area contributed by atoms with Gasteiger partial charge in [0.2, 0.25) is 5.96 Å². The third-order valence-electron chi connectivity index (χ3n) is 6.90. The number of nitro groups is 1. The number of nitrogens with one attached hydrogen (secondary N) is 2. The summed E-state index contributed by atoms with van der Waals surface area (Å²) in [5.41, 5.74) is -2.98. The van der Waals surface area contributed by atoms with Crippen molar-refractivity contribution in [2.75, 3.05) is 6.54 Å². The number of guanidine groups is 1. The molecule has 1 saturated carbocycles. The van der Waals surface area contributed by atoms with Crippen molar-refractivity contribution < 1.29 is 28.8 Å². The first kappa shape index (κ1) is 32.5. The van der Waals surface area contributed by atoms with Crippen LogP contribution in [0.5, 0.6) is 0 Å². The van der Waals surface area contributed by atoms with Gasteiger partial charge in [-0.2, -0.15) is 0 Å². The second-order valence-corrected chi connectivity index (χ2v) is 17.9. The Morgan fingerprint density at radius 3 is 2.23 bits per heavy atom. The summed E-state index contributed by atoms with van der Waals surface area (Å²) in [5, 5.41) is 26.6. The summed E-state index contributed by atoms with van der Waals surface area (Å²) in [6.07, 6.45) is 0.276. The number of hydrogen-bond donors (Lipinski definition) is 3. The topological polar surface area (TPSA) is 152 Å². The fourth-order valence-corrected chi connectivity index (χ4v) is 5.78. The maximum absolute atomic E-state index is 12.7. The highest BCUT2D eigenvalue weighted by Crippen LogP contribution is 2.48. The van der Waals surface area contributed by atoms with Gasteiger partial charge in [0.05, 0.1) is 29.0 Å². The zero-order valence-electron chi connectivity index (χ0n) is 24.2. The molecule has 1 amide bonds. The number of halogens is 1. The molecule has 0 bridgehead atoms. The van der Waals surface area contributed by atoms with Gasteiger partial charge in [0.15, 0.2) is 8.32 Å². The number of nitrogens with zero attached hydrogens (tertiary/aromatic N) is 2. The molecule has 1 aliphatic carbocycles. The number of carboxylic acid groups (broad SMARTS) is 1. The normalized spacial score (nSPS) is 17.1. The van der Waals surface area contributed by atoms with E-state index in [9.17, 15) is 24.8 Å². The van der Waals surface area contributed by atoms with Crippen LogP contribution in [0.3, 0.4) is 0 Å². The Morgan fingerprint density at radius 1 is 1.18 bits per heavy atom. The number of rotatable bonds is 9. The zero-order valence-corrected chi connectivity index (χ0v) is 26.0. The minimum Gasteiger partial charge on any atom is -0.481 e. The molecule has 0 radical (unpaired) electrons. The van der Waals surface area contributed by atoms with E-state index in [-0.39, 0.29) is 33.8 Å². The van der Waals surface area contributed by atoms with Crippen molar-refractivity contribution >= 4 is 43.6 Å². The summed E-state index contributed by atoms with van der Waals surface area (Å²) in [6.45, 7) is 17.6. The van der Waals surface area contributed by atoms with Gasteiger partial charge in [-0.1, -0.05) is 44.5 Å². The Balaban J connectivity index is 2.50. The van der Waals surface area contributed by atoms with E-state index in [1.54, 1.807) is 20.8 Å². The predicted molar refractivity (Wildman–Crippen MR) is 153 cm³/mol. The molecule has 0 aliphatic heterocycles. The molecule has 1 aromatic carbocycles. The summed E-state index contributed by atoms with van der Waals surface area (Å²) in [4.78, 5) is 40.1. The van der Waals surface area contributed by atoms with E-state index < -0.39 is 48.5 Å². The van der Waals surface area contributed by atoms with Crippen molar-refractivity contribution in [2.24, 2.45) is 4.99 Å². The maximum atomic E-state index is 12.7. The Labute approximate surface area is 236 Å². The number of carbonyl (C=O) groups is 2. The number of aliphatic imine (C=N–C) groups is 1.